The molecule has 2 aromatic carbocycles. The number of carbonyl (C=O) groups is 1. The number of rotatable bonds is 5. The number of nitrogens with zero attached hydrogens (tertiary/aromatic N) is 4. The summed E-state index contributed by atoms with van der Waals surface area (Å²) in [6.45, 7) is 3.89. The van der Waals surface area contributed by atoms with Gasteiger partial charge in [-0.3, -0.25) is 9.78 Å². The van der Waals surface area contributed by atoms with Gasteiger partial charge in [0.25, 0.3) is 0 Å². The number of pyridine rings is 1. The summed E-state index contributed by atoms with van der Waals surface area (Å²) in [6.07, 6.45) is 0.632. The van der Waals surface area contributed by atoms with E-state index in [0.717, 1.165) is 38.7 Å². The number of aromatic amines is 1. The van der Waals surface area contributed by atoms with Crippen LogP contribution in [0.5, 0.6) is 0 Å². The lowest BCUT2D eigenvalue weighted by Gasteiger charge is -2.15. The smallest absolute Gasteiger partial charge is 0.237 e. The van der Waals surface area contributed by atoms with E-state index in [4.69, 9.17) is 0 Å². The molecule has 5 rings (SSSR count). The van der Waals surface area contributed by atoms with Gasteiger partial charge in [0.1, 0.15) is 5.52 Å². The first-order valence-electron chi connectivity index (χ1n) is 10.1. The van der Waals surface area contributed by atoms with E-state index in [-0.39, 0.29) is 11.2 Å². The summed E-state index contributed by atoms with van der Waals surface area (Å²) >= 11 is 1.32. The van der Waals surface area contributed by atoms with Crippen LogP contribution in [0, 0.1) is 6.92 Å². The fraction of sp³-hybridized carbons (Fsp3) is 0.174. The number of thioether (sulfide) groups is 1. The van der Waals surface area contributed by atoms with Gasteiger partial charge in [0.2, 0.25) is 11.1 Å². The molecule has 154 valence electrons. The van der Waals surface area contributed by atoms with Gasteiger partial charge in [-0.2, -0.15) is 0 Å². The van der Waals surface area contributed by atoms with E-state index >= 15 is 0 Å². The van der Waals surface area contributed by atoms with Crippen LogP contribution in [0.15, 0.2) is 59.8 Å². The normalized spacial score (nSPS) is 12.5. The van der Waals surface area contributed by atoms with Gasteiger partial charge >= 0.3 is 0 Å². The van der Waals surface area contributed by atoms with Crippen molar-refractivity contribution in [1.29, 1.82) is 0 Å². The number of aromatic nitrogens is 5. The molecule has 8 heteroatoms. The van der Waals surface area contributed by atoms with E-state index < -0.39 is 0 Å². The number of aryl methyl sites for hydroxylation is 1. The third-order valence-electron chi connectivity index (χ3n) is 5.12. The van der Waals surface area contributed by atoms with Crippen molar-refractivity contribution in [2.75, 3.05) is 5.32 Å². The number of hydrogen-bond donors (Lipinski definition) is 2. The summed E-state index contributed by atoms with van der Waals surface area (Å²) in [5, 5.41) is 13.7. The first kappa shape index (κ1) is 19.4. The molecule has 0 saturated carbocycles. The van der Waals surface area contributed by atoms with Gasteiger partial charge in [0.05, 0.1) is 16.5 Å². The van der Waals surface area contributed by atoms with Crippen molar-refractivity contribution in [3.05, 3.63) is 60.3 Å². The van der Waals surface area contributed by atoms with Crippen LogP contribution in [0.1, 0.15) is 19.0 Å². The SMILES string of the molecule is CCC(Sc1nnc2c(n1)[nH]c1ccccc12)C(=O)Nc1cc(C)nc2ccccc12. The molecule has 0 aliphatic rings. The predicted molar refractivity (Wildman–Crippen MR) is 124 cm³/mol. The van der Waals surface area contributed by atoms with Gasteiger partial charge in [-0.15, -0.1) is 10.2 Å². The summed E-state index contributed by atoms with van der Waals surface area (Å²) in [6, 6.07) is 17.6. The molecular formula is C23H20N6OS. The van der Waals surface area contributed by atoms with E-state index in [9.17, 15) is 4.79 Å². The molecule has 1 amide bonds. The fourth-order valence-corrected chi connectivity index (χ4v) is 4.45. The monoisotopic (exact) mass is 428 g/mol. The molecule has 0 aliphatic heterocycles. The van der Waals surface area contributed by atoms with Gasteiger partial charge in [-0.1, -0.05) is 55.1 Å². The van der Waals surface area contributed by atoms with Crippen molar-refractivity contribution in [1.82, 2.24) is 25.1 Å². The van der Waals surface area contributed by atoms with Crippen LogP contribution >= 0.6 is 11.8 Å². The third-order valence-corrected chi connectivity index (χ3v) is 6.33. The molecule has 0 fully saturated rings. The van der Waals surface area contributed by atoms with E-state index in [2.05, 4.69) is 30.5 Å². The zero-order valence-electron chi connectivity index (χ0n) is 17.1. The largest absolute Gasteiger partial charge is 0.338 e. The van der Waals surface area contributed by atoms with Crippen molar-refractivity contribution < 1.29 is 4.79 Å². The number of fused-ring (bicyclic) bond motifs is 4. The molecule has 31 heavy (non-hydrogen) atoms. The number of amides is 1. The van der Waals surface area contributed by atoms with E-state index in [1.165, 1.54) is 11.8 Å². The van der Waals surface area contributed by atoms with Crippen molar-refractivity contribution in [3.8, 4) is 0 Å². The van der Waals surface area contributed by atoms with Gasteiger partial charge in [-0.05, 0) is 31.5 Å². The lowest BCUT2D eigenvalue weighted by atomic mass is 10.1. The number of carbonyl (C=O) groups excluding carboxylic acids is 1. The highest BCUT2D eigenvalue weighted by molar-refractivity contribution is 8.00. The zero-order chi connectivity index (χ0) is 21.4. The topological polar surface area (TPSA) is 96.5 Å². The summed E-state index contributed by atoms with van der Waals surface area (Å²) < 4.78 is 0. The number of H-pyrrole nitrogens is 1. The number of para-hydroxylation sites is 2. The van der Waals surface area contributed by atoms with Crippen LogP contribution in [-0.4, -0.2) is 36.3 Å². The maximum absolute atomic E-state index is 13.1. The van der Waals surface area contributed by atoms with Gasteiger partial charge in [0.15, 0.2) is 5.65 Å². The second-order valence-electron chi connectivity index (χ2n) is 7.29. The highest BCUT2D eigenvalue weighted by Gasteiger charge is 2.21. The van der Waals surface area contributed by atoms with Crippen LogP contribution in [0.25, 0.3) is 33.0 Å². The molecule has 2 N–H and O–H groups in total. The van der Waals surface area contributed by atoms with Crippen LogP contribution in [0.4, 0.5) is 5.69 Å². The minimum absolute atomic E-state index is 0.0939. The quantitative estimate of drug-likeness (QED) is 0.388. The minimum atomic E-state index is -0.351. The highest BCUT2D eigenvalue weighted by atomic mass is 32.2. The van der Waals surface area contributed by atoms with Gasteiger partial charge in [-0.25, -0.2) is 4.98 Å². The molecule has 7 nitrogen and oxygen atoms in total. The molecule has 3 heterocycles. The Morgan fingerprint density at radius 1 is 1.06 bits per heavy atom. The molecule has 0 aliphatic carbocycles. The standard InChI is InChI=1S/C23H20N6OS/c1-3-19(22(30)26-18-12-13(2)24-16-10-6-4-8-14(16)18)31-23-27-21-20(28-29-23)15-9-5-7-11-17(15)25-21/h4-12,19H,3H2,1-2H3,(H,24,26,30)(H,25,27,29). The van der Waals surface area contributed by atoms with Crippen LogP contribution < -0.4 is 5.32 Å². The van der Waals surface area contributed by atoms with Crippen LogP contribution in [0.3, 0.4) is 0 Å². The second-order valence-corrected chi connectivity index (χ2v) is 8.46. The molecule has 3 aromatic heterocycles. The first-order valence-corrected chi connectivity index (χ1v) is 11.0. The summed E-state index contributed by atoms with van der Waals surface area (Å²) in [4.78, 5) is 25.5. The Bertz CT molecular complexity index is 1430. The van der Waals surface area contributed by atoms with Crippen LogP contribution in [0.2, 0.25) is 0 Å². The predicted octanol–water partition coefficient (Wildman–Crippen LogP) is 4.87. The van der Waals surface area contributed by atoms with Crippen molar-refractivity contribution in [2.45, 2.75) is 30.7 Å². The molecule has 1 unspecified atom stereocenters. The van der Waals surface area contributed by atoms with Gasteiger partial charge < -0.3 is 10.3 Å². The van der Waals surface area contributed by atoms with E-state index in [0.29, 0.717) is 17.2 Å². The van der Waals surface area contributed by atoms with Gasteiger partial charge in [0, 0.05) is 22.0 Å². The van der Waals surface area contributed by atoms with Crippen molar-refractivity contribution in [2.24, 2.45) is 0 Å². The minimum Gasteiger partial charge on any atom is -0.338 e. The zero-order valence-corrected chi connectivity index (χ0v) is 17.9. The summed E-state index contributed by atoms with van der Waals surface area (Å²) in [5.41, 5.74) is 4.84. The number of nitrogens with one attached hydrogen (secondary N) is 2. The summed E-state index contributed by atoms with van der Waals surface area (Å²) in [7, 11) is 0. The van der Waals surface area contributed by atoms with Crippen LogP contribution in [-0.2, 0) is 4.79 Å². The van der Waals surface area contributed by atoms with E-state index in [1.54, 1.807) is 0 Å². The Morgan fingerprint density at radius 2 is 1.84 bits per heavy atom. The number of hydrogen-bond acceptors (Lipinski definition) is 6. The number of anilines is 1. The molecule has 0 radical (unpaired) electrons. The fourth-order valence-electron chi connectivity index (χ4n) is 3.63. The molecule has 5 aromatic rings. The lowest BCUT2D eigenvalue weighted by molar-refractivity contribution is -0.115. The Labute approximate surface area is 182 Å². The Morgan fingerprint density at radius 3 is 2.68 bits per heavy atom. The number of benzene rings is 2. The Balaban J connectivity index is 1.41. The molecule has 0 bridgehead atoms. The lowest BCUT2D eigenvalue weighted by Crippen LogP contribution is -2.25. The molecule has 0 spiro atoms. The van der Waals surface area contributed by atoms with E-state index in [1.807, 2.05) is 68.4 Å². The maximum atomic E-state index is 13.1. The average molecular weight is 429 g/mol. The Hall–Kier alpha value is -3.52. The van der Waals surface area contributed by atoms with Crippen molar-refractivity contribution >= 4 is 56.3 Å². The molecular weight excluding hydrogens is 408 g/mol. The third kappa shape index (κ3) is 3.70. The molecule has 1 atom stereocenters. The van der Waals surface area contributed by atoms with Crippen molar-refractivity contribution in [3.63, 3.8) is 0 Å². The second kappa shape index (κ2) is 7.96. The first-order chi connectivity index (χ1) is 15.1. The highest BCUT2D eigenvalue weighted by Crippen LogP contribution is 2.28. The average Bonchev–Trinajstić information content (AvgIpc) is 3.15. The maximum Gasteiger partial charge on any atom is 0.237 e. The Kier molecular flexibility index (Phi) is 4.99. The summed E-state index contributed by atoms with van der Waals surface area (Å²) in [5.74, 6) is -0.0939. The molecule has 0 saturated heterocycles.